The molecule has 0 bridgehead atoms. The third-order valence-corrected chi connectivity index (χ3v) is 4.86. The van der Waals surface area contributed by atoms with E-state index in [1.54, 1.807) is 7.11 Å². The fourth-order valence-corrected chi connectivity index (χ4v) is 3.26. The van der Waals surface area contributed by atoms with E-state index in [-0.39, 0.29) is 0 Å². The van der Waals surface area contributed by atoms with Gasteiger partial charge < -0.3 is 10.5 Å². The molecule has 1 atom stereocenters. The molecule has 0 aromatic heterocycles. The highest BCUT2D eigenvalue weighted by Crippen LogP contribution is 2.22. The number of halogens is 1. The van der Waals surface area contributed by atoms with E-state index < -0.39 is 10.8 Å². The van der Waals surface area contributed by atoms with Crippen LogP contribution in [0, 0.1) is 0 Å². The quantitative estimate of drug-likeness (QED) is 0.897. The van der Waals surface area contributed by atoms with Crippen LogP contribution in [0.1, 0.15) is 11.1 Å². The van der Waals surface area contributed by atoms with Crippen molar-refractivity contribution in [2.24, 2.45) is 5.73 Å². The molecule has 0 saturated carbocycles. The van der Waals surface area contributed by atoms with E-state index in [0.717, 1.165) is 26.2 Å². The second kappa shape index (κ2) is 7.02. The minimum atomic E-state index is -1.06. The standard InChI is InChI=1S/C15H16BrNO2S/c1-19-15-7-2-11(8-12(15)9-17)10-20(18)14-5-3-13(16)4-6-14/h2-8H,9-10,17H2,1H3. The lowest BCUT2D eigenvalue weighted by atomic mass is 10.1. The zero-order valence-corrected chi connectivity index (χ0v) is 13.5. The van der Waals surface area contributed by atoms with Gasteiger partial charge in [-0.25, -0.2) is 0 Å². The molecule has 0 aliphatic carbocycles. The van der Waals surface area contributed by atoms with Crippen molar-refractivity contribution in [3.05, 3.63) is 58.1 Å². The van der Waals surface area contributed by atoms with Gasteiger partial charge >= 0.3 is 0 Å². The first-order valence-electron chi connectivity index (χ1n) is 6.14. The van der Waals surface area contributed by atoms with Gasteiger partial charge in [-0.15, -0.1) is 0 Å². The van der Waals surface area contributed by atoms with Gasteiger partial charge in [-0.1, -0.05) is 22.0 Å². The van der Waals surface area contributed by atoms with Gasteiger partial charge in [-0.2, -0.15) is 0 Å². The van der Waals surface area contributed by atoms with Crippen LogP contribution in [-0.4, -0.2) is 11.3 Å². The number of benzene rings is 2. The van der Waals surface area contributed by atoms with Crippen molar-refractivity contribution in [3.63, 3.8) is 0 Å². The second-order valence-electron chi connectivity index (χ2n) is 4.29. The van der Waals surface area contributed by atoms with E-state index in [1.165, 1.54) is 0 Å². The average molecular weight is 354 g/mol. The van der Waals surface area contributed by atoms with E-state index >= 15 is 0 Å². The second-order valence-corrected chi connectivity index (χ2v) is 6.66. The van der Waals surface area contributed by atoms with E-state index in [4.69, 9.17) is 10.5 Å². The van der Waals surface area contributed by atoms with Gasteiger partial charge in [0.2, 0.25) is 0 Å². The van der Waals surface area contributed by atoms with Gasteiger partial charge in [0.1, 0.15) is 5.75 Å². The van der Waals surface area contributed by atoms with Crippen LogP contribution in [0.15, 0.2) is 51.8 Å². The molecule has 1 unspecified atom stereocenters. The molecule has 0 amide bonds. The van der Waals surface area contributed by atoms with Crippen LogP contribution in [0.3, 0.4) is 0 Å². The number of rotatable bonds is 5. The topological polar surface area (TPSA) is 52.3 Å². The highest BCUT2D eigenvalue weighted by Gasteiger charge is 2.08. The van der Waals surface area contributed by atoms with Gasteiger partial charge in [-0.05, 0) is 42.0 Å². The summed E-state index contributed by atoms with van der Waals surface area (Å²) >= 11 is 3.37. The molecule has 2 aromatic carbocycles. The Bertz CT molecular complexity index is 614. The molecule has 3 nitrogen and oxygen atoms in total. The predicted molar refractivity (Wildman–Crippen MR) is 85.1 cm³/mol. The molecule has 0 saturated heterocycles. The first-order valence-corrected chi connectivity index (χ1v) is 8.25. The smallest absolute Gasteiger partial charge is 0.123 e. The van der Waals surface area contributed by atoms with Crippen molar-refractivity contribution >= 4 is 26.7 Å². The first-order chi connectivity index (χ1) is 9.63. The first kappa shape index (κ1) is 15.2. The van der Waals surface area contributed by atoms with Crippen LogP contribution >= 0.6 is 15.9 Å². The molecule has 2 N–H and O–H groups in total. The maximum Gasteiger partial charge on any atom is 0.123 e. The monoisotopic (exact) mass is 353 g/mol. The Kier molecular flexibility index (Phi) is 5.34. The molecule has 0 radical (unpaired) electrons. The summed E-state index contributed by atoms with van der Waals surface area (Å²) < 4.78 is 18.5. The third-order valence-electron chi connectivity index (χ3n) is 2.94. The highest BCUT2D eigenvalue weighted by atomic mass is 79.9. The maximum absolute atomic E-state index is 12.3. The number of ether oxygens (including phenoxy) is 1. The summed E-state index contributed by atoms with van der Waals surface area (Å²) in [7, 11) is 0.555. The van der Waals surface area contributed by atoms with Crippen molar-refractivity contribution in [1.82, 2.24) is 0 Å². The van der Waals surface area contributed by atoms with Crippen molar-refractivity contribution in [2.75, 3.05) is 7.11 Å². The van der Waals surface area contributed by atoms with Gasteiger partial charge in [0.15, 0.2) is 0 Å². The van der Waals surface area contributed by atoms with Crippen LogP contribution in [0.25, 0.3) is 0 Å². The predicted octanol–water partition coefficient (Wildman–Crippen LogP) is 3.22. The minimum Gasteiger partial charge on any atom is -0.496 e. The fraction of sp³-hybridized carbons (Fsp3) is 0.200. The molecule has 0 fully saturated rings. The SMILES string of the molecule is COc1ccc(CS(=O)c2ccc(Br)cc2)cc1CN. The lowest BCUT2D eigenvalue weighted by Crippen LogP contribution is -2.02. The van der Waals surface area contributed by atoms with Crippen molar-refractivity contribution in [1.29, 1.82) is 0 Å². The Balaban J connectivity index is 2.17. The molecular formula is C15H16BrNO2S. The number of hydrogen-bond donors (Lipinski definition) is 1. The summed E-state index contributed by atoms with van der Waals surface area (Å²) in [4.78, 5) is 0.818. The molecular weight excluding hydrogens is 338 g/mol. The highest BCUT2D eigenvalue weighted by molar-refractivity contribution is 9.10. The van der Waals surface area contributed by atoms with Gasteiger partial charge in [0.25, 0.3) is 0 Å². The van der Waals surface area contributed by atoms with Gasteiger partial charge in [0, 0.05) is 21.5 Å². The Morgan fingerprint density at radius 1 is 1.20 bits per heavy atom. The maximum atomic E-state index is 12.3. The van der Waals surface area contributed by atoms with Gasteiger partial charge in [-0.3, -0.25) is 4.21 Å². The Labute approximate surface area is 129 Å². The Hall–Kier alpha value is -1.17. The normalized spacial score (nSPS) is 12.2. The summed E-state index contributed by atoms with van der Waals surface area (Å²) in [6.07, 6.45) is 0. The van der Waals surface area contributed by atoms with E-state index in [1.807, 2.05) is 42.5 Å². The van der Waals surface area contributed by atoms with E-state index in [2.05, 4.69) is 15.9 Å². The zero-order valence-electron chi connectivity index (χ0n) is 11.1. The van der Waals surface area contributed by atoms with Crippen molar-refractivity contribution in [3.8, 4) is 5.75 Å². The lowest BCUT2D eigenvalue weighted by Gasteiger charge is -2.09. The molecule has 0 heterocycles. The summed E-state index contributed by atoms with van der Waals surface area (Å²) in [6.45, 7) is 0.405. The fourth-order valence-electron chi connectivity index (χ4n) is 1.90. The minimum absolute atomic E-state index is 0.405. The van der Waals surface area contributed by atoms with Crippen LogP contribution < -0.4 is 10.5 Å². The molecule has 2 aromatic rings. The molecule has 0 aliphatic heterocycles. The third kappa shape index (κ3) is 3.69. The molecule has 20 heavy (non-hydrogen) atoms. The van der Waals surface area contributed by atoms with Crippen molar-refractivity contribution in [2.45, 2.75) is 17.2 Å². The lowest BCUT2D eigenvalue weighted by molar-refractivity contribution is 0.409. The summed E-state index contributed by atoms with van der Waals surface area (Å²) in [5.41, 5.74) is 7.61. The van der Waals surface area contributed by atoms with E-state index in [9.17, 15) is 4.21 Å². The molecule has 0 aliphatic rings. The van der Waals surface area contributed by atoms with E-state index in [0.29, 0.717) is 12.3 Å². The molecule has 0 spiro atoms. The Morgan fingerprint density at radius 3 is 2.50 bits per heavy atom. The number of methoxy groups -OCH3 is 1. The van der Waals surface area contributed by atoms with Crippen LogP contribution in [0.5, 0.6) is 5.75 Å². The molecule has 2 rings (SSSR count). The molecule has 106 valence electrons. The number of nitrogens with two attached hydrogens (primary N) is 1. The summed E-state index contributed by atoms with van der Waals surface area (Å²) in [6, 6.07) is 13.3. The Morgan fingerprint density at radius 2 is 1.90 bits per heavy atom. The average Bonchev–Trinajstić information content (AvgIpc) is 2.47. The van der Waals surface area contributed by atoms with Crippen LogP contribution in [0.4, 0.5) is 0 Å². The van der Waals surface area contributed by atoms with Crippen molar-refractivity contribution < 1.29 is 8.95 Å². The zero-order chi connectivity index (χ0) is 14.5. The van der Waals surface area contributed by atoms with Crippen LogP contribution in [-0.2, 0) is 23.1 Å². The summed E-state index contributed by atoms with van der Waals surface area (Å²) in [5.74, 6) is 1.24. The largest absolute Gasteiger partial charge is 0.496 e. The summed E-state index contributed by atoms with van der Waals surface area (Å²) in [5, 5.41) is 0. The molecule has 5 heteroatoms. The van der Waals surface area contributed by atoms with Gasteiger partial charge in [0.05, 0.1) is 23.7 Å². The van der Waals surface area contributed by atoms with Crippen LogP contribution in [0.2, 0.25) is 0 Å². The number of hydrogen-bond acceptors (Lipinski definition) is 3.